The van der Waals surface area contributed by atoms with Crippen LogP contribution in [-0.4, -0.2) is 46.8 Å². The molecule has 0 spiro atoms. The minimum atomic E-state index is -0.569. The Balaban J connectivity index is 1.59. The van der Waals surface area contributed by atoms with Gasteiger partial charge < -0.3 is 20.0 Å². The molecule has 2 N–H and O–H groups in total. The van der Waals surface area contributed by atoms with Crippen LogP contribution < -0.4 is 10.6 Å². The summed E-state index contributed by atoms with van der Waals surface area (Å²) in [6.07, 6.45) is 6.31. The maximum atomic E-state index is 13.0. The third-order valence-corrected chi connectivity index (χ3v) is 6.15. The lowest BCUT2D eigenvalue weighted by Crippen LogP contribution is -2.35. The first-order valence-electron chi connectivity index (χ1n) is 10.3. The summed E-state index contributed by atoms with van der Waals surface area (Å²) in [5, 5.41) is 6.35. The van der Waals surface area contributed by atoms with Gasteiger partial charge in [-0.05, 0) is 51.9 Å². The summed E-state index contributed by atoms with van der Waals surface area (Å²) in [6, 6.07) is 5.21. The first-order chi connectivity index (χ1) is 15.3. The summed E-state index contributed by atoms with van der Waals surface area (Å²) in [6.45, 7) is 0. The van der Waals surface area contributed by atoms with E-state index in [1.54, 1.807) is 18.2 Å². The van der Waals surface area contributed by atoms with Crippen LogP contribution in [0.1, 0.15) is 36.2 Å². The smallest absolute Gasteiger partial charge is 0.294 e. The molecule has 32 heavy (non-hydrogen) atoms. The summed E-state index contributed by atoms with van der Waals surface area (Å²) in [5.74, 6) is -0.634. The molecule has 0 saturated heterocycles. The molecule has 168 valence electrons. The number of amides is 2. The first kappa shape index (κ1) is 22.5. The summed E-state index contributed by atoms with van der Waals surface area (Å²) < 4.78 is 5.74. The van der Waals surface area contributed by atoms with Crippen LogP contribution in [0.15, 0.2) is 35.0 Å². The van der Waals surface area contributed by atoms with Crippen molar-refractivity contribution in [2.24, 2.45) is 5.92 Å². The molecular formula is C22H23Cl2N5O3. The van der Waals surface area contributed by atoms with Crippen molar-refractivity contribution < 1.29 is 14.0 Å². The van der Waals surface area contributed by atoms with Crippen molar-refractivity contribution >= 4 is 57.6 Å². The summed E-state index contributed by atoms with van der Waals surface area (Å²) in [7, 11) is 4.11. The Morgan fingerprint density at radius 2 is 1.75 bits per heavy atom. The third-order valence-electron chi connectivity index (χ3n) is 5.72. The molecule has 0 aromatic carbocycles. The van der Waals surface area contributed by atoms with E-state index in [0.29, 0.717) is 33.0 Å². The highest BCUT2D eigenvalue weighted by Gasteiger charge is 2.30. The van der Waals surface area contributed by atoms with E-state index in [4.69, 9.17) is 27.6 Å². The number of halogens is 2. The van der Waals surface area contributed by atoms with E-state index in [2.05, 4.69) is 39.6 Å². The van der Waals surface area contributed by atoms with Gasteiger partial charge in [0.25, 0.3) is 5.91 Å². The Hall–Kier alpha value is -2.68. The van der Waals surface area contributed by atoms with Crippen molar-refractivity contribution in [3.8, 4) is 0 Å². The number of carbonyl (C=O) groups excluding carboxylic acids is 2. The number of hydrogen-bond donors (Lipinski definition) is 2. The number of furan rings is 1. The lowest BCUT2D eigenvalue weighted by Gasteiger charge is -2.31. The Kier molecular flexibility index (Phi) is 6.64. The summed E-state index contributed by atoms with van der Waals surface area (Å²) >= 11 is 11.9. The second kappa shape index (κ2) is 9.44. The molecule has 8 nitrogen and oxygen atoms in total. The van der Waals surface area contributed by atoms with Gasteiger partial charge in [-0.2, -0.15) is 0 Å². The molecule has 0 radical (unpaired) electrons. The van der Waals surface area contributed by atoms with Gasteiger partial charge in [0, 0.05) is 30.4 Å². The van der Waals surface area contributed by atoms with Gasteiger partial charge in [0.15, 0.2) is 5.58 Å². The van der Waals surface area contributed by atoms with E-state index in [0.717, 1.165) is 25.7 Å². The van der Waals surface area contributed by atoms with Gasteiger partial charge in [0.1, 0.15) is 17.0 Å². The van der Waals surface area contributed by atoms with Gasteiger partial charge in [0.2, 0.25) is 11.7 Å². The van der Waals surface area contributed by atoms with Gasteiger partial charge in [-0.25, -0.2) is 9.97 Å². The molecule has 1 fully saturated rings. The number of rotatable bonds is 5. The molecular weight excluding hydrogens is 453 g/mol. The number of aromatic nitrogens is 2. The third kappa shape index (κ3) is 4.87. The highest BCUT2D eigenvalue weighted by Crippen LogP contribution is 2.33. The topological polar surface area (TPSA) is 100 Å². The second-order valence-electron chi connectivity index (χ2n) is 8.08. The molecule has 10 heteroatoms. The van der Waals surface area contributed by atoms with Crippen LogP contribution in [0.3, 0.4) is 0 Å². The van der Waals surface area contributed by atoms with Crippen LogP contribution in [0, 0.1) is 5.92 Å². The molecule has 0 unspecified atom stereocenters. The average molecular weight is 476 g/mol. The predicted molar refractivity (Wildman–Crippen MR) is 124 cm³/mol. The van der Waals surface area contributed by atoms with E-state index in [-0.39, 0.29) is 23.3 Å². The number of pyridine rings is 2. The van der Waals surface area contributed by atoms with E-state index in [1.165, 1.54) is 12.4 Å². The minimum absolute atomic E-state index is 0.0677. The Morgan fingerprint density at radius 3 is 2.41 bits per heavy atom. The molecule has 3 heterocycles. The molecule has 2 amide bonds. The van der Waals surface area contributed by atoms with Gasteiger partial charge in [-0.1, -0.05) is 23.2 Å². The predicted octanol–water partition coefficient (Wildman–Crippen LogP) is 4.84. The maximum absolute atomic E-state index is 13.0. The minimum Gasteiger partial charge on any atom is -0.447 e. The number of carbonyl (C=O) groups is 2. The SMILES string of the molecule is CN(C)C1CCC(C(=O)Nc2c(C(=O)Nc3ccc(Cl)cn3)oc3cc(Cl)cnc23)CC1. The van der Waals surface area contributed by atoms with Crippen LogP contribution in [0.25, 0.3) is 11.1 Å². The molecule has 1 aliphatic carbocycles. The number of fused-ring (bicyclic) bond motifs is 1. The van der Waals surface area contributed by atoms with Crippen molar-refractivity contribution in [2.45, 2.75) is 31.7 Å². The van der Waals surface area contributed by atoms with Crippen molar-refractivity contribution in [2.75, 3.05) is 24.7 Å². The number of nitrogens with one attached hydrogen (secondary N) is 2. The molecule has 4 rings (SSSR count). The van der Waals surface area contributed by atoms with Crippen molar-refractivity contribution in [1.82, 2.24) is 14.9 Å². The van der Waals surface area contributed by atoms with E-state index >= 15 is 0 Å². The van der Waals surface area contributed by atoms with Crippen molar-refractivity contribution in [3.05, 3.63) is 46.4 Å². The number of hydrogen-bond acceptors (Lipinski definition) is 6. The maximum Gasteiger partial charge on any atom is 0.294 e. The lowest BCUT2D eigenvalue weighted by atomic mass is 9.85. The van der Waals surface area contributed by atoms with Crippen molar-refractivity contribution in [1.29, 1.82) is 0 Å². The zero-order valence-electron chi connectivity index (χ0n) is 17.7. The van der Waals surface area contributed by atoms with Gasteiger partial charge >= 0.3 is 0 Å². The van der Waals surface area contributed by atoms with E-state index in [1.807, 2.05) is 0 Å². The monoisotopic (exact) mass is 475 g/mol. The fourth-order valence-electron chi connectivity index (χ4n) is 3.93. The Morgan fingerprint density at radius 1 is 1.03 bits per heavy atom. The molecule has 0 aliphatic heterocycles. The summed E-state index contributed by atoms with van der Waals surface area (Å²) in [5.41, 5.74) is 0.889. The molecule has 0 atom stereocenters. The normalized spacial score (nSPS) is 18.7. The Bertz CT molecular complexity index is 1140. The highest BCUT2D eigenvalue weighted by atomic mass is 35.5. The van der Waals surface area contributed by atoms with Crippen LogP contribution in [0.5, 0.6) is 0 Å². The first-order valence-corrected chi connectivity index (χ1v) is 11.1. The lowest BCUT2D eigenvalue weighted by molar-refractivity contribution is -0.121. The molecule has 3 aromatic rings. The zero-order valence-corrected chi connectivity index (χ0v) is 19.2. The van der Waals surface area contributed by atoms with Gasteiger partial charge in [-0.3, -0.25) is 9.59 Å². The summed E-state index contributed by atoms with van der Waals surface area (Å²) in [4.78, 5) is 36.5. The average Bonchev–Trinajstić information content (AvgIpc) is 3.12. The standard InChI is InChI=1S/C22H23Cl2N5O3/c1-29(2)15-6-3-12(4-7-15)21(30)28-19-18-16(9-14(24)11-26-18)32-20(19)22(31)27-17-8-5-13(23)10-25-17/h5,8-12,15H,3-4,6-7H2,1-2H3,(H,28,30)(H,25,27,31). The second-order valence-corrected chi connectivity index (χ2v) is 8.95. The fraction of sp³-hybridized carbons (Fsp3) is 0.364. The van der Waals surface area contributed by atoms with Gasteiger partial charge in [0.05, 0.1) is 10.0 Å². The van der Waals surface area contributed by atoms with Crippen LogP contribution in [0.2, 0.25) is 10.0 Å². The quantitative estimate of drug-likeness (QED) is 0.547. The van der Waals surface area contributed by atoms with Gasteiger partial charge in [-0.15, -0.1) is 0 Å². The van der Waals surface area contributed by atoms with Crippen LogP contribution in [0.4, 0.5) is 11.5 Å². The van der Waals surface area contributed by atoms with Crippen molar-refractivity contribution in [3.63, 3.8) is 0 Å². The number of anilines is 2. The van der Waals surface area contributed by atoms with Crippen LogP contribution >= 0.6 is 23.2 Å². The van der Waals surface area contributed by atoms with Crippen LogP contribution in [-0.2, 0) is 4.79 Å². The highest BCUT2D eigenvalue weighted by molar-refractivity contribution is 6.31. The molecule has 1 aliphatic rings. The largest absolute Gasteiger partial charge is 0.447 e. The fourth-order valence-corrected chi connectivity index (χ4v) is 4.19. The van der Waals surface area contributed by atoms with E-state index in [9.17, 15) is 9.59 Å². The number of nitrogens with zero attached hydrogens (tertiary/aromatic N) is 3. The Labute approximate surface area is 195 Å². The van der Waals surface area contributed by atoms with E-state index < -0.39 is 5.91 Å². The molecule has 0 bridgehead atoms. The molecule has 3 aromatic heterocycles. The zero-order chi connectivity index (χ0) is 22.8. The molecule has 1 saturated carbocycles.